The van der Waals surface area contributed by atoms with E-state index in [0.29, 0.717) is 43.6 Å². The maximum Gasteiger partial charge on any atom is 0.197 e. The van der Waals surface area contributed by atoms with Gasteiger partial charge in [0.15, 0.2) is 16.9 Å². The molecule has 1 aliphatic rings. The van der Waals surface area contributed by atoms with Gasteiger partial charge in [-0.2, -0.15) is 0 Å². The molecule has 1 fully saturated rings. The molecule has 7 heteroatoms. The van der Waals surface area contributed by atoms with Crippen LogP contribution in [-0.4, -0.2) is 23.2 Å². The van der Waals surface area contributed by atoms with Gasteiger partial charge in [-0.3, -0.25) is 9.78 Å². The van der Waals surface area contributed by atoms with Crippen LogP contribution in [0.4, 0.5) is 0 Å². The largest absolute Gasteiger partial charge is 0.493 e. The summed E-state index contributed by atoms with van der Waals surface area (Å²) in [7, 11) is 1.59. The number of aromatic nitrogens is 2. The molecule has 0 aliphatic heterocycles. The van der Waals surface area contributed by atoms with E-state index in [1.165, 1.54) is 12.4 Å². The van der Waals surface area contributed by atoms with E-state index in [1.54, 1.807) is 25.4 Å². The number of H-pyrrole nitrogens is 1. The molecule has 0 amide bonds. The lowest BCUT2D eigenvalue weighted by Gasteiger charge is -2.17. The maximum absolute atomic E-state index is 13.2. The van der Waals surface area contributed by atoms with Crippen LogP contribution in [0.3, 0.4) is 0 Å². The minimum Gasteiger partial charge on any atom is -0.493 e. The molecule has 140 valence electrons. The molecule has 0 spiro atoms. The van der Waals surface area contributed by atoms with Crippen LogP contribution in [0.25, 0.3) is 22.0 Å². The Morgan fingerprint density at radius 2 is 1.81 bits per heavy atom. The molecule has 27 heavy (non-hydrogen) atoms. The standard InChI is InChI=1S/C20H18Cl2N2O3/c1-26-17-7-16-12(6-18(17)27-11-4-2-3-5-11)20(25)13(8-24-16)19-14(21)9-23-10-15(19)22/h6-11H,2-5H2,1H3,(H,24,25). The van der Waals surface area contributed by atoms with Crippen molar-refractivity contribution in [1.82, 2.24) is 9.97 Å². The van der Waals surface area contributed by atoms with Gasteiger partial charge in [0.1, 0.15) is 0 Å². The first-order valence-corrected chi connectivity index (χ1v) is 9.53. The van der Waals surface area contributed by atoms with Crippen LogP contribution in [-0.2, 0) is 0 Å². The van der Waals surface area contributed by atoms with Gasteiger partial charge in [-0.1, -0.05) is 23.2 Å². The third-order valence-electron chi connectivity index (χ3n) is 4.88. The van der Waals surface area contributed by atoms with Crippen molar-refractivity contribution < 1.29 is 9.47 Å². The second-order valence-corrected chi connectivity index (χ2v) is 7.40. The molecule has 0 saturated heterocycles. The van der Waals surface area contributed by atoms with Crippen LogP contribution in [0.15, 0.2) is 35.5 Å². The molecule has 3 aromatic rings. The predicted octanol–water partition coefficient (Wildman–Crippen LogP) is 5.23. The summed E-state index contributed by atoms with van der Waals surface area (Å²) >= 11 is 12.5. The van der Waals surface area contributed by atoms with Gasteiger partial charge in [0.2, 0.25) is 0 Å². The second kappa shape index (κ2) is 7.41. The molecule has 1 saturated carbocycles. The summed E-state index contributed by atoms with van der Waals surface area (Å²) in [5.74, 6) is 1.17. The van der Waals surface area contributed by atoms with Gasteiger partial charge < -0.3 is 14.5 Å². The van der Waals surface area contributed by atoms with Crippen molar-refractivity contribution in [2.24, 2.45) is 0 Å². The number of pyridine rings is 2. The van der Waals surface area contributed by atoms with E-state index in [1.807, 2.05) is 0 Å². The van der Waals surface area contributed by atoms with Crippen LogP contribution in [0, 0.1) is 0 Å². The monoisotopic (exact) mass is 404 g/mol. The number of aromatic amines is 1. The first-order valence-electron chi connectivity index (χ1n) is 8.78. The summed E-state index contributed by atoms with van der Waals surface area (Å²) in [6.45, 7) is 0. The van der Waals surface area contributed by atoms with Crippen molar-refractivity contribution in [2.75, 3.05) is 7.11 Å². The first kappa shape index (κ1) is 18.1. The zero-order valence-corrected chi connectivity index (χ0v) is 16.2. The molecule has 1 aliphatic carbocycles. The molecule has 0 bridgehead atoms. The number of hydrogen-bond donors (Lipinski definition) is 1. The Morgan fingerprint density at radius 1 is 1.11 bits per heavy atom. The minimum absolute atomic E-state index is 0.155. The van der Waals surface area contributed by atoms with E-state index in [4.69, 9.17) is 32.7 Å². The molecule has 0 unspecified atom stereocenters. The Labute approximate surface area is 166 Å². The summed E-state index contributed by atoms with van der Waals surface area (Å²) in [6, 6.07) is 3.51. The smallest absolute Gasteiger partial charge is 0.197 e. The molecule has 2 heterocycles. The Balaban J connectivity index is 1.87. The van der Waals surface area contributed by atoms with E-state index in [9.17, 15) is 4.79 Å². The SMILES string of the molecule is COc1cc2[nH]cc(-c3c(Cl)cncc3Cl)c(=O)c2cc1OC1CCCC1. The Kier molecular flexibility index (Phi) is 4.98. The topological polar surface area (TPSA) is 64.2 Å². The Morgan fingerprint density at radius 3 is 2.48 bits per heavy atom. The Hall–Kier alpha value is -2.24. The van der Waals surface area contributed by atoms with Gasteiger partial charge in [0.25, 0.3) is 0 Å². The number of benzene rings is 1. The average molecular weight is 405 g/mol. The van der Waals surface area contributed by atoms with Crippen LogP contribution < -0.4 is 14.9 Å². The van der Waals surface area contributed by atoms with Crippen LogP contribution in [0.1, 0.15) is 25.7 Å². The third-order valence-corrected chi connectivity index (χ3v) is 5.46. The van der Waals surface area contributed by atoms with Crippen LogP contribution in [0.2, 0.25) is 10.0 Å². The van der Waals surface area contributed by atoms with E-state index in [0.717, 1.165) is 25.7 Å². The fraction of sp³-hybridized carbons (Fsp3) is 0.300. The summed E-state index contributed by atoms with van der Waals surface area (Å²) in [6.07, 6.45) is 9.04. The molecular weight excluding hydrogens is 387 g/mol. The summed E-state index contributed by atoms with van der Waals surface area (Å²) < 4.78 is 11.6. The average Bonchev–Trinajstić information content (AvgIpc) is 3.16. The quantitative estimate of drug-likeness (QED) is 0.646. The normalized spacial score (nSPS) is 14.6. The highest BCUT2D eigenvalue weighted by molar-refractivity contribution is 6.39. The molecule has 4 rings (SSSR count). The first-order chi connectivity index (χ1) is 13.1. The second-order valence-electron chi connectivity index (χ2n) is 6.58. The fourth-order valence-electron chi connectivity index (χ4n) is 3.52. The zero-order chi connectivity index (χ0) is 19.0. The highest BCUT2D eigenvalue weighted by atomic mass is 35.5. The van der Waals surface area contributed by atoms with Gasteiger partial charge in [-0.15, -0.1) is 0 Å². The van der Waals surface area contributed by atoms with E-state index < -0.39 is 0 Å². The minimum atomic E-state index is -0.183. The lowest BCUT2D eigenvalue weighted by Crippen LogP contribution is -2.13. The highest BCUT2D eigenvalue weighted by Crippen LogP contribution is 2.36. The summed E-state index contributed by atoms with van der Waals surface area (Å²) in [5, 5.41) is 1.14. The molecule has 5 nitrogen and oxygen atoms in total. The molecule has 2 aromatic heterocycles. The summed E-state index contributed by atoms with van der Waals surface area (Å²) in [5.41, 5.74) is 1.32. The number of halogens is 2. The lowest BCUT2D eigenvalue weighted by atomic mass is 10.1. The maximum atomic E-state index is 13.2. The van der Waals surface area contributed by atoms with Crippen molar-refractivity contribution in [3.8, 4) is 22.6 Å². The number of methoxy groups -OCH3 is 1. The molecule has 1 N–H and O–H groups in total. The number of fused-ring (bicyclic) bond motifs is 1. The van der Waals surface area contributed by atoms with Crippen molar-refractivity contribution in [2.45, 2.75) is 31.8 Å². The van der Waals surface area contributed by atoms with Gasteiger partial charge in [-0.05, 0) is 31.7 Å². The fourth-order valence-corrected chi connectivity index (χ4v) is 4.09. The van der Waals surface area contributed by atoms with Crippen molar-refractivity contribution in [3.05, 3.63) is 51.0 Å². The number of ether oxygens (including phenoxy) is 2. The predicted molar refractivity (Wildman–Crippen MR) is 107 cm³/mol. The summed E-state index contributed by atoms with van der Waals surface area (Å²) in [4.78, 5) is 20.2. The Bertz CT molecular complexity index is 1040. The molecule has 1 aromatic carbocycles. The number of nitrogens with one attached hydrogen (secondary N) is 1. The third kappa shape index (κ3) is 3.37. The number of nitrogens with zero attached hydrogens (tertiary/aromatic N) is 1. The van der Waals surface area contributed by atoms with Crippen molar-refractivity contribution in [1.29, 1.82) is 0 Å². The van der Waals surface area contributed by atoms with Crippen molar-refractivity contribution in [3.63, 3.8) is 0 Å². The molecular formula is C20H18Cl2N2O3. The van der Waals surface area contributed by atoms with Gasteiger partial charge in [0, 0.05) is 35.8 Å². The van der Waals surface area contributed by atoms with Gasteiger partial charge >= 0.3 is 0 Å². The number of rotatable bonds is 4. The van der Waals surface area contributed by atoms with Crippen molar-refractivity contribution >= 4 is 34.1 Å². The van der Waals surface area contributed by atoms with Gasteiger partial charge in [-0.25, -0.2) is 0 Å². The van der Waals surface area contributed by atoms with E-state index >= 15 is 0 Å². The zero-order valence-electron chi connectivity index (χ0n) is 14.7. The number of hydrogen-bond acceptors (Lipinski definition) is 4. The molecule has 0 radical (unpaired) electrons. The van der Waals surface area contributed by atoms with E-state index in [-0.39, 0.29) is 11.5 Å². The molecule has 0 atom stereocenters. The van der Waals surface area contributed by atoms with E-state index in [2.05, 4.69) is 9.97 Å². The lowest BCUT2D eigenvalue weighted by molar-refractivity contribution is 0.201. The highest BCUT2D eigenvalue weighted by Gasteiger charge is 2.20. The van der Waals surface area contributed by atoms with Crippen LogP contribution in [0.5, 0.6) is 11.5 Å². The van der Waals surface area contributed by atoms with Gasteiger partial charge in [0.05, 0.1) is 34.2 Å². The van der Waals surface area contributed by atoms with Crippen LogP contribution >= 0.6 is 23.2 Å².